The molecule has 0 radical (unpaired) electrons. The average molecular weight is 223 g/mol. The van der Waals surface area contributed by atoms with E-state index in [0.717, 1.165) is 11.3 Å². The normalized spacial score (nSPS) is 35.2. The van der Waals surface area contributed by atoms with Gasteiger partial charge in [-0.25, -0.2) is 0 Å². The Morgan fingerprint density at radius 2 is 1.56 bits per heavy atom. The van der Waals surface area contributed by atoms with E-state index in [1.165, 1.54) is 58.0 Å². The molecule has 0 amide bonds. The van der Waals surface area contributed by atoms with Crippen molar-refractivity contribution in [3.63, 3.8) is 0 Å². The fraction of sp³-hybridized carbons (Fsp3) is 1.00. The van der Waals surface area contributed by atoms with Crippen LogP contribution in [0.3, 0.4) is 0 Å². The average Bonchev–Trinajstić information content (AvgIpc) is 2.42. The Morgan fingerprint density at radius 1 is 0.875 bits per heavy atom. The summed E-state index contributed by atoms with van der Waals surface area (Å²) in [6.45, 7) is 9.88. The van der Waals surface area contributed by atoms with Crippen molar-refractivity contribution in [1.29, 1.82) is 0 Å². The lowest BCUT2D eigenvalue weighted by Gasteiger charge is -2.38. The Balaban J connectivity index is 2.02. The molecule has 16 heavy (non-hydrogen) atoms. The molecule has 0 aromatic rings. The topological polar surface area (TPSA) is 12.0 Å². The molecule has 1 unspecified atom stereocenters. The summed E-state index contributed by atoms with van der Waals surface area (Å²) in [5, 5.41) is 3.52. The number of nitrogens with one attached hydrogen (secondary N) is 1. The molecular weight excluding hydrogens is 194 g/mol. The van der Waals surface area contributed by atoms with Crippen LogP contribution in [-0.2, 0) is 0 Å². The molecular formula is C15H29N. The molecule has 0 aromatic carbocycles. The van der Waals surface area contributed by atoms with Crippen LogP contribution in [0.25, 0.3) is 0 Å². The molecule has 2 aliphatic rings. The molecule has 0 bridgehead atoms. The van der Waals surface area contributed by atoms with Gasteiger partial charge >= 0.3 is 0 Å². The van der Waals surface area contributed by atoms with E-state index >= 15 is 0 Å². The first-order chi connectivity index (χ1) is 7.56. The van der Waals surface area contributed by atoms with Crippen LogP contribution in [0.2, 0.25) is 0 Å². The van der Waals surface area contributed by atoms with Gasteiger partial charge in [-0.3, -0.25) is 0 Å². The zero-order valence-corrected chi connectivity index (χ0v) is 11.4. The van der Waals surface area contributed by atoms with Gasteiger partial charge in [0.15, 0.2) is 0 Å². The highest BCUT2D eigenvalue weighted by Crippen LogP contribution is 2.49. The van der Waals surface area contributed by atoms with Gasteiger partial charge in [0.2, 0.25) is 0 Å². The lowest BCUT2D eigenvalue weighted by atomic mass is 9.70. The molecule has 1 aliphatic heterocycles. The van der Waals surface area contributed by atoms with Gasteiger partial charge in [-0.15, -0.1) is 0 Å². The fourth-order valence-corrected chi connectivity index (χ4v) is 3.70. The zero-order chi connectivity index (χ0) is 11.6. The van der Waals surface area contributed by atoms with Gasteiger partial charge in [-0.2, -0.15) is 0 Å². The van der Waals surface area contributed by atoms with E-state index in [0.29, 0.717) is 5.41 Å². The highest BCUT2D eigenvalue weighted by molar-refractivity contribution is 4.91. The summed E-state index contributed by atoms with van der Waals surface area (Å²) in [5.74, 6) is 0.851. The van der Waals surface area contributed by atoms with Crippen molar-refractivity contribution in [3.8, 4) is 0 Å². The molecule has 1 saturated heterocycles. The number of piperidine rings is 1. The smallest absolute Gasteiger partial charge is 0.00436 e. The van der Waals surface area contributed by atoms with Crippen LogP contribution in [0.5, 0.6) is 0 Å². The lowest BCUT2D eigenvalue weighted by Crippen LogP contribution is -2.36. The first-order valence-corrected chi connectivity index (χ1v) is 7.27. The van der Waals surface area contributed by atoms with Gasteiger partial charge in [0.25, 0.3) is 0 Å². The summed E-state index contributed by atoms with van der Waals surface area (Å²) >= 11 is 0. The van der Waals surface area contributed by atoms with Crippen molar-refractivity contribution < 1.29 is 0 Å². The summed E-state index contributed by atoms with van der Waals surface area (Å²) in [5.41, 5.74) is 1.34. The summed E-state index contributed by atoms with van der Waals surface area (Å²) in [6.07, 6.45) is 10.2. The van der Waals surface area contributed by atoms with E-state index < -0.39 is 0 Å². The summed E-state index contributed by atoms with van der Waals surface area (Å²) in [7, 11) is 0. The van der Waals surface area contributed by atoms with Crippen molar-refractivity contribution in [2.45, 2.75) is 65.7 Å². The first-order valence-electron chi connectivity index (χ1n) is 7.27. The highest BCUT2D eigenvalue weighted by Gasteiger charge is 2.39. The van der Waals surface area contributed by atoms with Crippen molar-refractivity contribution in [1.82, 2.24) is 5.32 Å². The molecule has 0 aromatic heterocycles. The minimum Gasteiger partial charge on any atom is -0.317 e. The minimum absolute atomic E-state index is 0.619. The third-order valence-corrected chi connectivity index (χ3v) is 5.74. The Labute approximate surface area is 101 Å². The molecule has 1 aliphatic carbocycles. The van der Waals surface area contributed by atoms with Crippen LogP contribution in [0.15, 0.2) is 0 Å². The quantitative estimate of drug-likeness (QED) is 0.709. The second-order valence-corrected chi connectivity index (χ2v) is 6.91. The van der Waals surface area contributed by atoms with E-state index in [1.807, 2.05) is 0 Å². The Morgan fingerprint density at radius 3 is 2.19 bits per heavy atom. The lowest BCUT2D eigenvalue weighted by molar-refractivity contribution is 0.144. The molecule has 1 spiro atoms. The molecule has 1 atom stereocenters. The Bertz CT molecular complexity index is 228. The summed E-state index contributed by atoms with van der Waals surface area (Å²) in [4.78, 5) is 0. The van der Waals surface area contributed by atoms with Crippen LogP contribution in [-0.4, -0.2) is 13.1 Å². The SMILES string of the molecule is CC(C)C1(C)CCCC2(CCNCC2)CC1. The molecule has 1 nitrogen and oxygen atoms in total. The van der Waals surface area contributed by atoms with Gasteiger partial charge in [0.05, 0.1) is 0 Å². The third-order valence-electron chi connectivity index (χ3n) is 5.74. The molecule has 1 heteroatoms. The summed E-state index contributed by atoms with van der Waals surface area (Å²) in [6, 6.07) is 0. The standard InChI is InChI=1S/C15H29N/c1-13(2)14(3)5-4-6-15(8-7-14)9-11-16-12-10-15/h13,16H,4-12H2,1-3H3. The van der Waals surface area contributed by atoms with Crippen molar-refractivity contribution >= 4 is 0 Å². The number of hydrogen-bond acceptors (Lipinski definition) is 1. The fourth-order valence-electron chi connectivity index (χ4n) is 3.70. The molecule has 1 saturated carbocycles. The van der Waals surface area contributed by atoms with Gasteiger partial charge in [-0.05, 0) is 68.4 Å². The Hall–Kier alpha value is -0.0400. The van der Waals surface area contributed by atoms with Crippen LogP contribution in [0.1, 0.15) is 65.7 Å². The van der Waals surface area contributed by atoms with Crippen LogP contribution < -0.4 is 5.32 Å². The molecule has 2 rings (SSSR count). The van der Waals surface area contributed by atoms with Crippen molar-refractivity contribution in [3.05, 3.63) is 0 Å². The van der Waals surface area contributed by atoms with Crippen molar-refractivity contribution in [2.75, 3.05) is 13.1 Å². The number of rotatable bonds is 1. The third kappa shape index (κ3) is 2.45. The number of hydrogen-bond donors (Lipinski definition) is 1. The van der Waals surface area contributed by atoms with Crippen LogP contribution in [0.4, 0.5) is 0 Å². The van der Waals surface area contributed by atoms with E-state index in [9.17, 15) is 0 Å². The van der Waals surface area contributed by atoms with E-state index in [-0.39, 0.29) is 0 Å². The van der Waals surface area contributed by atoms with Gasteiger partial charge < -0.3 is 5.32 Å². The van der Waals surface area contributed by atoms with E-state index in [2.05, 4.69) is 26.1 Å². The predicted octanol–water partition coefficient (Wildman–Crippen LogP) is 3.98. The van der Waals surface area contributed by atoms with Crippen LogP contribution >= 0.6 is 0 Å². The highest BCUT2D eigenvalue weighted by atomic mass is 14.9. The maximum absolute atomic E-state index is 3.52. The molecule has 94 valence electrons. The molecule has 1 heterocycles. The van der Waals surface area contributed by atoms with E-state index in [4.69, 9.17) is 0 Å². The summed E-state index contributed by atoms with van der Waals surface area (Å²) < 4.78 is 0. The zero-order valence-electron chi connectivity index (χ0n) is 11.4. The van der Waals surface area contributed by atoms with Crippen molar-refractivity contribution in [2.24, 2.45) is 16.7 Å². The first kappa shape index (κ1) is 12.4. The van der Waals surface area contributed by atoms with E-state index in [1.54, 1.807) is 0 Å². The van der Waals surface area contributed by atoms with Gasteiger partial charge in [0.1, 0.15) is 0 Å². The second-order valence-electron chi connectivity index (χ2n) is 6.91. The molecule has 2 fully saturated rings. The molecule has 1 N–H and O–H groups in total. The predicted molar refractivity (Wildman–Crippen MR) is 70.6 cm³/mol. The van der Waals surface area contributed by atoms with Gasteiger partial charge in [-0.1, -0.05) is 27.2 Å². The maximum Gasteiger partial charge on any atom is -0.00436 e. The monoisotopic (exact) mass is 223 g/mol. The van der Waals surface area contributed by atoms with Crippen LogP contribution in [0, 0.1) is 16.7 Å². The Kier molecular flexibility index (Phi) is 3.63. The van der Waals surface area contributed by atoms with Gasteiger partial charge in [0, 0.05) is 0 Å². The second kappa shape index (κ2) is 4.68. The largest absolute Gasteiger partial charge is 0.317 e. The minimum atomic E-state index is 0.619. The maximum atomic E-state index is 3.52.